The summed E-state index contributed by atoms with van der Waals surface area (Å²) in [6.07, 6.45) is 2.72. The van der Waals surface area contributed by atoms with Crippen LogP contribution in [-0.4, -0.2) is 25.7 Å². The van der Waals surface area contributed by atoms with Gasteiger partial charge in [-0.3, -0.25) is 4.79 Å². The maximum atomic E-state index is 13.2. The summed E-state index contributed by atoms with van der Waals surface area (Å²) in [5, 5.41) is 22.1. The van der Waals surface area contributed by atoms with Crippen molar-refractivity contribution in [1.82, 2.24) is 9.55 Å². The van der Waals surface area contributed by atoms with E-state index in [-0.39, 0.29) is 24.4 Å². The van der Waals surface area contributed by atoms with Gasteiger partial charge >= 0.3 is 5.97 Å². The van der Waals surface area contributed by atoms with Crippen LogP contribution in [0.2, 0.25) is 0 Å². The first kappa shape index (κ1) is 18.4. The topological polar surface area (TPSA) is 87.4 Å². The van der Waals surface area contributed by atoms with Crippen molar-refractivity contribution in [3.63, 3.8) is 0 Å². The molecule has 1 aromatic heterocycles. The molecular formula is C21H22FN3O3. The quantitative estimate of drug-likeness (QED) is 0.614. The fraction of sp³-hybridized carbons (Fsp3) is 0.333. The lowest BCUT2D eigenvalue weighted by atomic mass is 9.86. The number of aliphatic hydroxyl groups is 1. The van der Waals surface area contributed by atoms with Crippen molar-refractivity contribution in [2.75, 3.05) is 5.32 Å². The Morgan fingerprint density at radius 2 is 1.86 bits per heavy atom. The minimum Gasteiger partial charge on any atom is -0.481 e. The van der Waals surface area contributed by atoms with Crippen molar-refractivity contribution >= 4 is 28.6 Å². The van der Waals surface area contributed by atoms with Crippen molar-refractivity contribution in [2.45, 2.75) is 38.3 Å². The predicted octanol–water partition coefficient (Wildman–Crippen LogP) is 4.23. The molecule has 6 nitrogen and oxygen atoms in total. The minimum absolute atomic E-state index is 0.0619. The van der Waals surface area contributed by atoms with E-state index in [1.165, 1.54) is 12.1 Å². The monoisotopic (exact) mass is 383 g/mol. The molecule has 1 aliphatic carbocycles. The molecule has 0 saturated heterocycles. The normalized spacial score (nSPS) is 19.6. The lowest BCUT2D eigenvalue weighted by molar-refractivity contribution is -0.143. The van der Waals surface area contributed by atoms with Crippen molar-refractivity contribution in [3.8, 4) is 0 Å². The zero-order chi connectivity index (χ0) is 19.7. The standard InChI is InChI=1S/C21H22FN3O3/c22-15-4-6-16(7-5-15)23-21-24-18-10-1-13(12-26)11-19(18)25(21)17-8-2-14(3-9-17)20(27)28/h1,4-7,10-11,14,17,26H,2-3,8-9,12H2,(H,23,24)(H,27,28). The van der Waals surface area contributed by atoms with Gasteiger partial charge in [-0.25, -0.2) is 9.37 Å². The first-order valence-corrected chi connectivity index (χ1v) is 9.42. The molecule has 0 aliphatic heterocycles. The molecule has 0 spiro atoms. The van der Waals surface area contributed by atoms with E-state index in [9.17, 15) is 19.4 Å². The van der Waals surface area contributed by atoms with Crippen molar-refractivity contribution < 1.29 is 19.4 Å². The number of carboxylic acid groups (broad SMARTS) is 1. The Kier molecular flexibility index (Phi) is 5.00. The van der Waals surface area contributed by atoms with Gasteiger partial charge in [-0.1, -0.05) is 6.07 Å². The van der Waals surface area contributed by atoms with Gasteiger partial charge in [-0.15, -0.1) is 0 Å². The fourth-order valence-corrected chi connectivity index (χ4v) is 3.94. The van der Waals surface area contributed by atoms with Gasteiger partial charge in [0.25, 0.3) is 0 Å². The molecule has 1 aliphatic rings. The van der Waals surface area contributed by atoms with Crippen LogP contribution in [0.4, 0.5) is 16.0 Å². The highest BCUT2D eigenvalue weighted by Gasteiger charge is 2.29. The number of carbonyl (C=O) groups is 1. The Bertz CT molecular complexity index is 992. The maximum absolute atomic E-state index is 13.2. The number of hydrogen-bond acceptors (Lipinski definition) is 4. The molecule has 0 amide bonds. The molecule has 0 unspecified atom stereocenters. The third-order valence-corrected chi connectivity index (χ3v) is 5.45. The highest BCUT2D eigenvalue weighted by molar-refractivity contribution is 5.81. The zero-order valence-corrected chi connectivity index (χ0v) is 15.3. The average Bonchev–Trinajstić information content (AvgIpc) is 3.06. The number of halogens is 1. The van der Waals surface area contributed by atoms with Gasteiger partial charge in [0.15, 0.2) is 0 Å². The van der Waals surface area contributed by atoms with Crippen LogP contribution in [0, 0.1) is 11.7 Å². The van der Waals surface area contributed by atoms with Crippen molar-refractivity contribution in [1.29, 1.82) is 0 Å². The van der Waals surface area contributed by atoms with Crippen LogP contribution in [0.1, 0.15) is 37.3 Å². The second kappa shape index (κ2) is 7.59. The molecule has 0 atom stereocenters. The van der Waals surface area contributed by atoms with Crippen molar-refractivity contribution in [2.24, 2.45) is 5.92 Å². The largest absolute Gasteiger partial charge is 0.481 e. The van der Waals surface area contributed by atoms with Gasteiger partial charge in [-0.2, -0.15) is 0 Å². The van der Waals surface area contributed by atoms with Crippen LogP contribution in [-0.2, 0) is 11.4 Å². The molecule has 2 aromatic carbocycles. The summed E-state index contributed by atoms with van der Waals surface area (Å²) in [5.74, 6) is -0.706. The zero-order valence-electron chi connectivity index (χ0n) is 15.3. The van der Waals surface area contributed by atoms with E-state index in [4.69, 9.17) is 4.98 Å². The van der Waals surface area contributed by atoms with Crippen LogP contribution in [0.5, 0.6) is 0 Å². The number of imidazole rings is 1. The molecule has 146 valence electrons. The van der Waals surface area contributed by atoms with Crippen LogP contribution >= 0.6 is 0 Å². The molecule has 28 heavy (non-hydrogen) atoms. The number of aromatic nitrogens is 2. The molecule has 0 bridgehead atoms. The first-order valence-electron chi connectivity index (χ1n) is 9.42. The van der Waals surface area contributed by atoms with E-state index < -0.39 is 5.97 Å². The second-order valence-electron chi connectivity index (χ2n) is 7.26. The molecule has 0 radical (unpaired) electrons. The molecule has 4 rings (SSSR count). The summed E-state index contributed by atoms with van der Waals surface area (Å²) in [5.41, 5.74) is 3.21. The van der Waals surface area contributed by atoms with E-state index in [1.54, 1.807) is 12.1 Å². The Balaban J connectivity index is 1.72. The predicted molar refractivity (Wildman–Crippen MR) is 104 cm³/mol. The minimum atomic E-state index is -0.735. The van der Waals surface area contributed by atoms with Crippen LogP contribution in [0.15, 0.2) is 42.5 Å². The number of rotatable bonds is 5. The highest BCUT2D eigenvalue weighted by atomic mass is 19.1. The molecule has 3 N–H and O–H groups in total. The number of aliphatic hydroxyl groups excluding tert-OH is 1. The van der Waals surface area contributed by atoms with E-state index in [2.05, 4.69) is 9.88 Å². The average molecular weight is 383 g/mol. The molecule has 1 heterocycles. The van der Waals surface area contributed by atoms with E-state index in [0.717, 1.165) is 35.1 Å². The number of aliphatic carboxylic acids is 1. The lowest BCUT2D eigenvalue weighted by Crippen LogP contribution is -2.24. The summed E-state index contributed by atoms with van der Waals surface area (Å²) < 4.78 is 15.3. The molecule has 1 saturated carbocycles. The SMILES string of the molecule is O=C(O)C1CCC(n2c(Nc3ccc(F)cc3)nc3ccc(CO)cc32)CC1. The van der Waals surface area contributed by atoms with Gasteiger partial charge in [-0.05, 0) is 67.6 Å². The summed E-state index contributed by atoms with van der Waals surface area (Å²) in [7, 11) is 0. The van der Waals surface area contributed by atoms with Gasteiger partial charge in [0.05, 0.1) is 23.6 Å². The lowest BCUT2D eigenvalue weighted by Gasteiger charge is -2.29. The van der Waals surface area contributed by atoms with E-state index in [0.29, 0.717) is 18.8 Å². The van der Waals surface area contributed by atoms with Gasteiger partial charge in [0.1, 0.15) is 5.82 Å². The van der Waals surface area contributed by atoms with Crippen LogP contribution in [0.25, 0.3) is 11.0 Å². The summed E-state index contributed by atoms with van der Waals surface area (Å²) in [4.78, 5) is 16.0. The first-order chi connectivity index (χ1) is 13.5. The fourth-order valence-electron chi connectivity index (χ4n) is 3.94. The van der Waals surface area contributed by atoms with Crippen LogP contribution in [0.3, 0.4) is 0 Å². The Labute approximate surface area is 161 Å². The maximum Gasteiger partial charge on any atom is 0.306 e. The third-order valence-electron chi connectivity index (χ3n) is 5.45. The highest BCUT2D eigenvalue weighted by Crippen LogP contribution is 2.37. The van der Waals surface area contributed by atoms with Gasteiger partial charge in [0, 0.05) is 11.7 Å². The number of carboxylic acids is 1. The number of nitrogens with one attached hydrogen (secondary N) is 1. The molecule has 7 heteroatoms. The third kappa shape index (κ3) is 3.57. The number of fused-ring (bicyclic) bond motifs is 1. The summed E-state index contributed by atoms with van der Waals surface area (Å²) >= 11 is 0. The Hall–Kier alpha value is -2.93. The molecule has 3 aromatic rings. The number of anilines is 2. The number of hydrogen-bond donors (Lipinski definition) is 3. The Morgan fingerprint density at radius 3 is 2.50 bits per heavy atom. The van der Waals surface area contributed by atoms with Gasteiger partial charge in [0.2, 0.25) is 5.95 Å². The molecular weight excluding hydrogens is 361 g/mol. The van der Waals surface area contributed by atoms with Crippen LogP contribution < -0.4 is 5.32 Å². The Morgan fingerprint density at radius 1 is 1.14 bits per heavy atom. The molecule has 1 fully saturated rings. The number of nitrogens with zero attached hydrogens (tertiary/aromatic N) is 2. The van der Waals surface area contributed by atoms with Gasteiger partial charge < -0.3 is 20.1 Å². The van der Waals surface area contributed by atoms with E-state index >= 15 is 0 Å². The summed E-state index contributed by atoms with van der Waals surface area (Å²) in [6, 6.07) is 11.8. The summed E-state index contributed by atoms with van der Waals surface area (Å²) in [6.45, 7) is -0.0619. The van der Waals surface area contributed by atoms with Crippen molar-refractivity contribution in [3.05, 3.63) is 53.8 Å². The number of benzene rings is 2. The smallest absolute Gasteiger partial charge is 0.306 e. The van der Waals surface area contributed by atoms with E-state index in [1.807, 2.05) is 18.2 Å². The second-order valence-corrected chi connectivity index (χ2v) is 7.26.